The van der Waals surface area contributed by atoms with Crippen molar-refractivity contribution < 1.29 is 41.4 Å². The van der Waals surface area contributed by atoms with Crippen LogP contribution < -0.4 is 4.90 Å². The Bertz CT molecular complexity index is 1060. The molecule has 3 rings (SSSR count). The second-order valence-electron chi connectivity index (χ2n) is 9.40. The molecule has 0 unspecified atom stereocenters. The normalized spacial score (nSPS) is 20.6. The van der Waals surface area contributed by atoms with Gasteiger partial charge in [0.2, 0.25) is 6.79 Å². The molecule has 1 atom stereocenters. The molecule has 188 valence electrons. The molecule has 0 aromatic heterocycles. The van der Waals surface area contributed by atoms with Crippen molar-refractivity contribution in [2.75, 3.05) is 36.8 Å². The van der Waals surface area contributed by atoms with Crippen molar-refractivity contribution in [2.45, 2.75) is 45.8 Å². The van der Waals surface area contributed by atoms with Gasteiger partial charge in [-0.1, -0.05) is 6.07 Å². The van der Waals surface area contributed by atoms with Crippen LogP contribution in [0.3, 0.4) is 0 Å². The fourth-order valence-corrected chi connectivity index (χ4v) is 5.14. The third kappa shape index (κ3) is 5.96. The first kappa shape index (κ1) is 25.7. The van der Waals surface area contributed by atoms with Crippen LogP contribution in [0.1, 0.15) is 45.1 Å². The molecular weight excluding hydrogens is 471 g/mol. The minimum Gasteiger partial charge on any atom is -0.427 e. The maximum atomic E-state index is 14.8. The number of likely N-dealkylation sites (N-methyl/N-ethyl adjacent to an activating group) is 1. The molecule has 0 bridgehead atoms. The second kappa shape index (κ2) is 9.77. The molecular formula is C22H29FN2O8S. The van der Waals surface area contributed by atoms with E-state index in [4.69, 9.17) is 14.2 Å². The summed E-state index contributed by atoms with van der Waals surface area (Å²) in [5.41, 5.74) is -0.0921. The molecule has 1 aromatic carbocycles. The highest BCUT2D eigenvalue weighted by molar-refractivity contribution is 7.91. The summed E-state index contributed by atoms with van der Waals surface area (Å²) in [6.07, 6.45) is -1.92. The smallest absolute Gasteiger partial charge is 0.416 e. The second-order valence-corrected chi connectivity index (χ2v) is 11.7. The van der Waals surface area contributed by atoms with Crippen LogP contribution in [0, 0.1) is 11.2 Å². The fourth-order valence-electron chi connectivity index (χ4n) is 3.65. The van der Waals surface area contributed by atoms with Crippen LogP contribution in [-0.4, -0.2) is 69.6 Å². The summed E-state index contributed by atoms with van der Waals surface area (Å²) in [4.78, 5) is 38.6. The van der Waals surface area contributed by atoms with Gasteiger partial charge in [-0.3, -0.25) is 14.6 Å². The van der Waals surface area contributed by atoms with E-state index in [9.17, 15) is 27.2 Å². The lowest BCUT2D eigenvalue weighted by Gasteiger charge is -2.24. The van der Waals surface area contributed by atoms with Crippen molar-refractivity contribution in [3.63, 3.8) is 0 Å². The Kier molecular flexibility index (Phi) is 7.39. The maximum Gasteiger partial charge on any atom is 0.416 e. The highest BCUT2D eigenvalue weighted by atomic mass is 32.2. The lowest BCUT2D eigenvalue weighted by atomic mass is 9.93. The van der Waals surface area contributed by atoms with Gasteiger partial charge in [0.15, 0.2) is 6.23 Å². The molecule has 2 heterocycles. The van der Waals surface area contributed by atoms with Gasteiger partial charge >= 0.3 is 18.2 Å². The van der Waals surface area contributed by atoms with Gasteiger partial charge < -0.3 is 14.2 Å². The summed E-state index contributed by atoms with van der Waals surface area (Å²) in [5.74, 6) is -1.23. The molecule has 12 heteroatoms. The van der Waals surface area contributed by atoms with Gasteiger partial charge in [0, 0.05) is 7.05 Å². The summed E-state index contributed by atoms with van der Waals surface area (Å²) >= 11 is 0. The van der Waals surface area contributed by atoms with Crippen molar-refractivity contribution >= 4 is 33.7 Å². The van der Waals surface area contributed by atoms with Gasteiger partial charge in [-0.25, -0.2) is 22.4 Å². The number of halogens is 1. The van der Waals surface area contributed by atoms with Crippen molar-refractivity contribution in [2.24, 2.45) is 5.41 Å². The van der Waals surface area contributed by atoms with Crippen LogP contribution in [-0.2, 0) is 28.8 Å². The summed E-state index contributed by atoms with van der Waals surface area (Å²) in [5, 5.41) is 0. The Morgan fingerprint density at radius 2 is 1.85 bits per heavy atom. The zero-order valence-electron chi connectivity index (χ0n) is 19.6. The van der Waals surface area contributed by atoms with Gasteiger partial charge in [0.25, 0.3) is 0 Å². The number of amides is 2. The third-order valence-electron chi connectivity index (χ3n) is 5.79. The largest absolute Gasteiger partial charge is 0.427 e. The SMILES string of the molecule is CN(C(=O)OCOC(=O)C(C)(C)C)[C@@H]1CN(c2ccc(C3CCS(=O)(=O)CC3)c(F)c2)C(=O)O1. The van der Waals surface area contributed by atoms with Gasteiger partial charge in [-0.2, -0.15) is 0 Å². The number of hydrogen-bond acceptors (Lipinski definition) is 8. The minimum atomic E-state index is -3.06. The molecule has 2 saturated heterocycles. The van der Waals surface area contributed by atoms with Crippen LogP contribution in [0.4, 0.5) is 19.7 Å². The number of ether oxygens (including phenoxy) is 3. The molecule has 0 N–H and O–H groups in total. The first-order valence-corrected chi connectivity index (χ1v) is 12.7. The highest BCUT2D eigenvalue weighted by Crippen LogP contribution is 2.33. The molecule has 2 amide bonds. The van der Waals surface area contributed by atoms with E-state index in [1.54, 1.807) is 32.9 Å². The Balaban J connectivity index is 1.59. The van der Waals surface area contributed by atoms with E-state index in [0.717, 1.165) is 4.90 Å². The first-order valence-electron chi connectivity index (χ1n) is 10.8. The van der Waals surface area contributed by atoms with Crippen molar-refractivity contribution in [1.82, 2.24) is 4.90 Å². The molecule has 2 fully saturated rings. The van der Waals surface area contributed by atoms with Gasteiger partial charge in [0.05, 0.1) is 29.2 Å². The van der Waals surface area contributed by atoms with Gasteiger partial charge in [-0.15, -0.1) is 0 Å². The van der Waals surface area contributed by atoms with Gasteiger partial charge in [-0.05, 0) is 57.2 Å². The average molecular weight is 501 g/mol. The lowest BCUT2D eigenvalue weighted by Crippen LogP contribution is -2.40. The standard InChI is InChI=1S/C22H29FN2O8S/c1-22(2,3)19(26)31-13-32-20(27)24(4)18-12-25(21(28)33-18)15-5-6-16(17(23)11-15)14-7-9-34(29,30)10-8-14/h5-6,11,14,18H,7-10,12-13H2,1-4H3/t18-/m0/s1. The Labute approximate surface area is 197 Å². The maximum absolute atomic E-state index is 14.8. The molecule has 2 aliphatic heterocycles. The monoisotopic (exact) mass is 500 g/mol. The van der Waals surface area contributed by atoms with Crippen LogP contribution in [0.2, 0.25) is 0 Å². The lowest BCUT2D eigenvalue weighted by molar-refractivity contribution is -0.162. The van der Waals surface area contributed by atoms with Crippen molar-refractivity contribution in [3.05, 3.63) is 29.6 Å². The number of carbonyl (C=O) groups is 3. The predicted octanol–water partition coefficient (Wildman–Crippen LogP) is 3.02. The number of benzene rings is 1. The van der Waals surface area contributed by atoms with Crippen molar-refractivity contribution in [3.8, 4) is 0 Å². The van der Waals surface area contributed by atoms with E-state index in [-0.39, 0.29) is 29.7 Å². The van der Waals surface area contributed by atoms with Crippen molar-refractivity contribution in [1.29, 1.82) is 0 Å². The molecule has 0 radical (unpaired) electrons. The Morgan fingerprint density at radius 1 is 1.21 bits per heavy atom. The van der Waals surface area contributed by atoms with E-state index in [2.05, 4.69) is 0 Å². The van der Waals surface area contributed by atoms with Crippen LogP contribution >= 0.6 is 0 Å². The number of carbonyl (C=O) groups excluding carboxylic acids is 3. The summed E-state index contributed by atoms with van der Waals surface area (Å²) in [7, 11) is -1.70. The summed E-state index contributed by atoms with van der Waals surface area (Å²) in [6.45, 7) is 4.33. The quantitative estimate of drug-likeness (QED) is 0.447. The fraction of sp³-hybridized carbons (Fsp3) is 0.591. The molecule has 34 heavy (non-hydrogen) atoms. The topological polar surface area (TPSA) is 120 Å². The number of esters is 1. The minimum absolute atomic E-state index is 0.0246. The van der Waals surface area contributed by atoms with E-state index in [1.165, 1.54) is 18.0 Å². The number of nitrogens with zero attached hydrogens (tertiary/aromatic N) is 2. The third-order valence-corrected chi connectivity index (χ3v) is 7.51. The molecule has 0 saturated carbocycles. The number of hydrogen-bond donors (Lipinski definition) is 0. The number of rotatable bonds is 5. The average Bonchev–Trinajstić information content (AvgIpc) is 3.14. The van der Waals surface area contributed by atoms with Crippen LogP contribution in [0.25, 0.3) is 0 Å². The van der Waals surface area contributed by atoms with E-state index in [1.807, 2.05) is 0 Å². The Morgan fingerprint density at radius 3 is 2.44 bits per heavy atom. The Hall–Kier alpha value is -2.89. The predicted molar refractivity (Wildman–Crippen MR) is 119 cm³/mol. The number of sulfone groups is 1. The number of anilines is 1. The van der Waals surface area contributed by atoms with E-state index < -0.39 is 52.2 Å². The molecule has 0 aliphatic carbocycles. The zero-order valence-corrected chi connectivity index (χ0v) is 20.4. The first-order chi connectivity index (χ1) is 15.8. The molecule has 0 spiro atoms. The summed E-state index contributed by atoms with van der Waals surface area (Å²) < 4.78 is 53.1. The van der Waals surface area contributed by atoms with Gasteiger partial charge in [0.1, 0.15) is 15.7 Å². The van der Waals surface area contributed by atoms with E-state index >= 15 is 0 Å². The van der Waals surface area contributed by atoms with Crippen LogP contribution in [0.15, 0.2) is 18.2 Å². The summed E-state index contributed by atoms with van der Waals surface area (Å²) in [6, 6.07) is 4.32. The molecule has 10 nitrogen and oxygen atoms in total. The van der Waals surface area contributed by atoms with E-state index in [0.29, 0.717) is 18.4 Å². The highest BCUT2D eigenvalue weighted by Gasteiger charge is 2.38. The molecule has 2 aliphatic rings. The van der Waals surface area contributed by atoms with Crippen LogP contribution in [0.5, 0.6) is 0 Å². The number of cyclic esters (lactones) is 1. The zero-order chi connectivity index (χ0) is 25.3. The molecule has 1 aromatic rings.